The molecule has 0 fully saturated rings. The lowest BCUT2D eigenvalue weighted by atomic mass is 9.88. The molecule has 1 aromatic rings. The van der Waals surface area contributed by atoms with E-state index in [9.17, 15) is 9.18 Å². The first-order valence-corrected chi connectivity index (χ1v) is 6.15. The van der Waals surface area contributed by atoms with Gasteiger partial charge in [-0.1, -0.05) is 25.4 Å². The van der Waals surface area contributed by atoms with Gasteiger partial charge in [-0.05, 0) is 31.0 Å². The Morgan fingerprint density at radius 3 is 2.53 bits per heavy atom. The van der Waals surface area contributed by atoms with Gasteiger partial charge in [0, 0.05) is 11.6 Å². The number of amides is 1. The predicted molar refractivity (Wildman–Crippen MR) is 78.4 cm³/mol. The number of nitrogens with two attached hydrogens (primary N) is 1. The molecule has 3 nitrogen and oxygen atoms in total. The molecule has 0 bridgehead atoms. The fourth-order valence-corrected chi connectivity index (χ4v) is 1.59. The molecule has 0 aliphatic heterocycles. The standard InChI is InChI=1S/C13H18ClFN2O.ClH/c1-8(2)13(3,7-16)17-12(18)10-5-4-9(14)6-11(10)15;/h4-6,8H,7,16H2,1-3H3,(H,17,18);1H. The zero-order chi connectivity index (χ0) is 13.9. The Kier molecular flexibility index (Phi) is 6.77. The van der Waals surface area contributed by atoms with Crippen LogP contribution < -0.4 is 11.1 Å². The molecule has 0 saturated carbocycles. The van der Waals surface area contributed by atoms with E-state index >= 15 is 0 Å². The lowest BCUT2D eigenvalue weighted by Crippen LogP contribution is -2.55. The van der Waals surface area contributed by atoms with E-state index in [-0.39, 0.29) is 35.5 Å². The van der Waals surface area contributed by atoms with Gasteiger partial charge in [-0.25, -0.2) is 4.39 Å². The van der Waals surface area contributed by atoms with Gasteiger partial charge in [0.05, 0.1) is 11.1 Å². The molecule has 6 heteroatoms. The molecule has 1 rings (SSSR count). The van der Waals surface area contributed by atoms with Gasteiger partial charge in [-0.3, -0.25) is 4.79 Å². The summed E-state index contributed by atoms with van der Waals surface area (Å²) in [6.45, 7) is 6.02. The minimum absolute atomic E-state index is 0. The van der Waals surface area contributed by atoms with Crippen molar-refractivity contribution in [1.29, 1.82) is 0 Å². The maximum absolute atomic E-state index is 13.6. The fourth-order valence-electron chi connectivity index (χ4n) is 1.43. The summed E-state index contributed by atoms with van der Waals surface area (Å²) in [5.41, 5.74) is 5.07. The quantitative estimate of drug-likeness (QED) is 0.898. The summed E-state index contributed by atoms with van der Waals surface area (Å²) < 4.78 is 13.6. The summed E-state index contributed by atoms with van der Waals surface area (Å²) >= 11 is 5.64. The highest BCUT2D eigenvalue weighted by Gasteiger charge is 2.29. The Morgan fingerprint density at radius 2 is 2.11 bits per heavy atom. The van der Waals surface area contributed by atoms with Crippen molar-refractivity contribution in [1.82, 2.24) is 5.32 Å². The molecule has 3 N–H and O–H groups in total. The van der Waals surface area contributed by atoms with Crippen LogP contribution in [-0.2, 0) is 0 Å². The average molecular weight is 309 g/mol. The predicted octanol–water partition coefficient (Wildman–Crippen LogP) is 3.00. The van der Waals surface area contributed by atoms with E-state index < -0.39 is 17.3 Å². The Balaban J connectivity index is 0.00000324. The van der Waals surface area contributed by atoms with Crippen LogP contribution in [0.15, 0.2) is 18.2 Å². The molecule has 19 heavy (non-hydrogen) atoms. The smallest absolute Gasteiger partial charge is 0.254 e. The molecule has 0 heterocycles. The minimum Gasteiger partial charge on any atom is -0.345 e. The van der Waals surface area contributed by atoms with Gasteiger partial charge in [-0.15, -0.1) is 12.4 Å². The maximum atomic E-state index is 13.6. The van der Waals surface area contributed by atoms with Crippen molar-refractivity contribution in [2.45, 2.75) is 26.3 Å². The number of hydrogen-bond donors (Lipinski definition) is 2. The lowest BCUT2D eigenvalue weighted by molar-refractivity contribution is 0.0879. The molecule has 0 aromatic heterocycles. The highest BCUT2D eigenvalue weighted by molar-refractivity contribution is 6.30. The van der Waals surface area contributed by atoms with Crippen molar-refractivity contribution in [3.05, 3.63) is 34.6 Å². The molecule has 0 radical (unpaired) electrons. The van der Waals surface area contributed by atoms with Crippen LogP contribution in [0.4, 0.5) is 4.39 Å². The van der Waals surface area contributed by atoms with Gasteiger partial charge in [0.15, 0.2) is 0 Å². The van der Waals surface area contributed by atoms with E-state index in [0.717, 1.165) is 6.07 Å². The number of nitrogens with one attached hydrogen (secondary N) is 1. The Labute approximate surface area is 124 Å². The first-order chi connectivity index (χ1) is 8.30. The molecule has 1 unspecified atom stereocenters. The average Bonchev–Trinajstić information content (AvgIpc) is 2.28. The number of carbonyl (C=O) groups is 1. The van der Waals surface area contributed by atoms with E-state index in [2.05, 4.69) is 5.32 Å². The second-order valence-electron chi connectivity index (χ2n) is 4.85. The van der Waals surface area contributed by atoms with E-state index in [1.54, 1.807) is 0 Å². The first-order valence-electron chi connectivity index (χ1n) is 5.78. The summed E-state index contributed by atoms with van der Waals surface area (Å²) in [4.78, 5) is 12.0. The molecular weight excluding hydrogens is 290 g/mol. The van der Waals surface area contributed by atoms with Crippen LogP contribution in [0.2, 0.25) is 5.02 Å². The fraction of sp³-hybridized carbons (Fsp3) is 0.462. The number of rotatable bonds is 4. The summed E-state index contributed by atoms with van der Waals surface area (Å²) in [5.74, 6) is -0.976. The Morgan fingerprint density at radius 1 is 1.53 bits per heavy atom. The summed E-state index contributed by atoms with van der Waals surface area (Å²) in [6, 6.07) is 3.96. The van der Waals surface area contributed by atoms with Crippen LogP contribution >= 0.6 is 24.0 Å². The van der Waals surface area contributed by atoms with E-state index in [1.807, 2.05) is 20.8 Å². The Bertz CT molecular complexity index is 454. The molecule has 0 aliphatic carbocycles. The van der Waals surface area contributed by atoms with Gasteiger partial charge >= 0.3 is 0 Å². The number of benzene rings is 1. The number of carbonyl (C=O) groups excluding carboxylic acids is 1. The largest absolute Gasteiger partial charge is 0.345 e. The van der Waals surface area contributed by atoms with Crippen molar-refractivity contribution in [2.75, 3.05) is 6.54 Å². The zero-order valence-corrected chi connectivity index (χ0v) is 12.7. The van der Waals surface area contributed by atoms with Gasteiger partial charge < -0.3 is 11.1 Å². The second kappa shape index (κ2) is 7.08. The van der Waals surface area contributed by atoms with Crippen molar-refractivity contribution in [3.63, 3.8) is 0 Å². The van der Waals surface area contributed by atoms with Gasteiger partial charge in [-0.2, -0.15) is 0 Å². The van der Waals surface area contributed by atoms with Crippen LogP contribution in [0, 0.1) is 11.7 Å². The van der Waals surface area contributed by atoms with Crippen molar-refractivity contribution < 1.29 is 9.18 Å². The molecule has 1 amide bonds. The lowest BCUT2D eigenvalue weighted by Gasteiger charge is -2.33. The molecule has 1 aromatic carbocycles. The van der Waals surface area contributed by atoms with Gasteiger partial charge in [0.25, 0.3) is 5.91 Å². The van der Waals surface area contributed by atoms with Crippen LogP contribution in [0.1, 0.15) is 31.1 Å². The monoisotopic (exact) mass is 308 g/mol. The third-order valence-corrected chi connectivity index (χ3v) is 3.51. The van der Waals surface area contributed by atoms with Gasteiger partial charge in [0.1, 0.15) is 5.82 Å². The van der Waals surface area contributed by atoms with Crippen LogP contribution in [0.3, 0.4) is 0 Å². The normalized spacial score (nSPS) is 13.6. The minimum atomic E-state index is -0.636. The molecule has 0 saturated heterocycles. The number of hydrogen-bond acceptors (Lipinski definition) is 2. The third kappa shape index (κ3) is 4.34. The molecule has 0 spiro atoms. The van der Waals surface area contributed by atoms with E-state index in [0.29, 0.717) is 0 Å². The van der Waals surface area contributed by atoms with Gasteiger partial charge in [0.2, 0.25) is 0 Å². The Hall–Kier alpha value is -0.840. The molecule has 1 atom stereocenters. The summed E-state index contributed by atoms with van der Waals surface area (Å²) in [6.07, 6.45) is 0. The van der Waals surface area contributed by atoms with Crippen molar-refractivity contribution >= 4 is 29.9 Å². The topological polar surface area (TPSA) is 55.1 Å². The first kappa shape index (κ1) is 18.2. The molecular formula is C13H19Cl2FN2O. The SMILES string of the molecule is CC(C)C(C)(CN)NC(=O)c1ccc(Cl)cc1F.Cl. The van der Waals surface area contributed by atoms with E-state index in [1.165, 1.54) is 12.1 Å². The van der Waals surface area contributed by atoms with Crippen molar-refractivity contribution in [3.8, 4) is 0 Å². The van der Waals surface area contributed by atoms with Crippen LogP contribution in [0.25, 0.3) is 0 Å². The molecule has 108 valence electrons. The van der Waals surface area contributed by atoms with Crippen LogP contribution in [0.5, 0.6) is 0 Å². The van der Waals surface area contributed by atoms with E-state index in [4.69, 9.17) is 17.3 Å². The maximum Gasteiger partial charge on any atom is 0.254 e. The zero-order valence-electron chi connectivity index (χ0n) is 11.2. The summed E-state index contributed by atoms with van der Waals surface area (Å²) in [5, 5.41) is 3.03. The second-order valence-corrected chi connectivity index (χ2v) is 5.29. The summed E-state index contributed by atoms with van der Waals surface area (Å²) in [7, 11) is 0. The number of halogens is 3. The molecule has 0 aliphatic rings. The van der Waals surface area contributed by atoms with Crippen molar-refractivity contribution in [2.24, 2.45) is 11.7 Å². The van der Waals surface area contributed by atoms with Crippen LogP contribution in [-0.4, -0.2) is 18.0 Å². The highest BCUT2D eigenvalue weighted by atomic mass is 35.5. The highest BCUT2D eigenvalue weighted by Crippen LogP contribution is 2.18. The third-order valence-electron chi connectivity index (χ3n) is 3.27.